The number of anilines is 6. The van der Waals surface area contributed by atoms with Gasteiger partial charge >= 0.3 is 0 Å². The zero-order valence-electron chi connectivity index (χ0n) is 21.3. The van der Waals surface area contributed by atoms with Gasteiger partial charge in [0.25, 0.3) is 0 Å². The fourth-order valence-corrected chi connectivity index (χ4v) is 5.48. The van der Waals surface area contributed by atoms with Crippen molar-refractivity contribution in [2.45, 2.75) is 20.8 Å². The summed E-state index contributed by atoms with van der Waals surface area (Å²) in [6, 6.07) is 15.5. The molecule has 2 aromatic carbocycles. The summed E-state index contributed by atoms with van der Waals surface area (Å²) in [5, 5.41) is 6.56. The van der Waals surface area contributed by atoms with Crippen LogP contribution >= 0.6 is 0 Å². The highest BCUT2D eigenvalue weighted by molar-refractivity contribution is 7.92. The van der Waals surface area contributed by atoms with Crippen LogP contribution in [0.15, 0.2) is 54.7 Å². The normalized spacial score (nSPS) is 14.6. The molecule has 0 bridgehead atoms. The number of rotatable bonds is 9. The second kappa shape index (κ2) is 11.1. The van der Waals surface area contributed by atoms with Crippen LogP contribution < -0.4 is 20.3 Å². The van der Waals surface area contributed by atoms with Gasteiger partial charge in [-0.3, -0.25) is 4.72 Å². The van der Waals surface area contributed by atoms with E-state index in [1.54, 1.807) is 24.4 Å². The monoisotopic (exact) mass is 509 g/mol. The van der Waals surface area contributed by atoms with E-state index in [9.17, 15) is 8.42 Å². The fraction of sp³-hybridized carbons (Fsp3) is 0.385. The molecule has 1 fully saturated rings. The molecule has 0 unspecified atom stereocenters. The molecule has 3 aromatic rings. The van der Waals surface area contributed by atoms with Crippen molar-refractivity contribution in [3.8, 4) is 0 Å². The van der Waals surface area contributed by atoms with Gasteiger partial charge < -0.3 is 20.4 Å². The summed E-state index contributed by atoms with van der Waals surface area (Å²) in [5.74, 6) is 1.23. The maximum atomic E-state index is 12.3. The van der Waals surface area contributed by atoms with Crippen LogP contribution in [0.4, 0.5) is 34.5 Å². The van der Waals surface area contributed by atoms with Crippen molar-refractivity contribution >= 4 is 44.5 Å². The number of sulfonamides is 1. The van der Waals surface area contributed by atoms with Gasteiger partial charge in [-0.2, -0.15) is 4.98 Å². The first kappa shape index (κ1) is 25.7. The first-order chi connectivity index (χ1) is 17.2. The lowest BCUT2D eigenvalue weighted by Gasteiger charge is -2.34. The smallest absolute Gasteiger partial charge is 0.232 e. The number of hydrogen-bond acceptors (Lipinski definition) is 8. The molecule has 192 valence electrons. The van der Waals surface area contributed by atoms with Crippen LogP contribution in [-0.4, -0.2) is 62.3 Å². The molecule has 2 heterocycles. The molecule has 1 aliphatic heterocycles. The number of likely N-dealkylation sites (N-methyl/N-ethyl adjacent to an activating group) is 1. The number of aromatic nitrogens is 2. The maximum absolute atomic E-state index is 12.3. The van der Waals surface area contributed by atoms with E-state index in [2.05, 4.69) is 54.3 Å². The third-order valence-electron chi connectivity index (χ3n) is 5.91. The van der Waals surface area contributed by atoms with Crippen molar-refractivity contribution in [3.63, 3.8) is 0 Å². The van der Waals surface area contributed by atoms with E-state index in [4.69, 9.17) is 0 Å². The summed E-state index contributed by atoms with van der Waals surface area (Å²) in [7, 11) is -1.25. The Morgan fingerprint density at radius 3 is 2.33 bits per heavy atom. The lowest BCUT2D eigenvalue weighted by Crippen LogP contribution is -2.44. The molecular weight excluding hydrogens is 474 g/mol. The molecule has 9 nitrogen and oxygen atoms in total. The maximum Gasteiger partial charge on any atom is 0.232 e. The van der Waals surface area contributed by atoms with Crippen LogP contribution in [0, 0.1) is 12.8 Å². The topological polar surface area (TPSA) is 102 Å². The fourth-order valence-electron chi connectivity index (χ4n) is 4.04. The zero-order chi connectivity index (χ0) is 25.7. The van der Waals surface area contributed by atoms with Crippen molar-refractivity contribution < 1.29 is 8.42 Å². The van der Waals surface area contributed by atoms with Gasteiger partial charge in [0.05, 0.1) is 11.4 Å². The van der Waals surface area contributed by atoms with Gasteiger partial charge in [-0.25, -0.2) is 13.4 Å². The summed E-state index contributed by atoms with van der Waals surface area (Å²) in [6.07, 6.45) is 1.76. The molecule has 0 radical (unpaired) electrons. The molecular formula is C26H35N7O2S. The Morgan fingerprint density at radius 2 is 1.64 bits per heavy atom. The van der Waals surface area contributed by atoms with Crippen LogP contribution in [0.5, 0.6) is 0 Å². The molecule has 10 heteroatoms. The largest absolute Gasteiger partial charge is 0.369 e. The van der Waals surface area contributed by atoms with Crippen LogP contribution in [0.3, 0.4) is 0 Å². The van der Waals surface area contributed by atoms with Crippen molar-refractivity contribution in [1.82, 2.24) is 14.9 Å². The van der Waals surface area contributed by atoms with E-state index in [1.165, 1.54) is 5.69 Å². The average Bonchev–Trinajstić information content (AvgIpc) is 2.81. The minimum atomic E-state index is -3.40. The van der Waals surface area contributed by atoms with Crippen LogP contribution in [-0.2, 0) is 10.0 Å². The molecule has 3 N–H and O–H groups in total. The Labute approximate surface area is 214 Å². The molecule has 0 atom stereocenters. The van der Waals surface area contributed by atoms with Gasteiger partial charge in [0.1, 0.15) is 5.82 Å². The highest BCUT2D eigenvalue weighted by atomic mass is 32.2. The third-order valence-corrected chi connectivity index (χ3v) is 7.57. The van der Waals surface area contributed by atoms with E-state index < -0.39 is 10.0 Å². The Morgan fingerprint density at radius 1 is 0.944 bits per heavy atom. The quantitative estimate of drug-likeness (QED) is 0.390. The molecule has 0 amide bonds. The van der Waals surface area contributed by atoms with Gasteiger partial charge in [0.2, 0.25) is 16.0 Å². The number of aryl methyl sites for hydroxylation is 1. The van der Waals surface area contributed by atoms with E-state index in [-0.39, 0.29) is 11.7 Å². The first-order valence-electron chi connectivity index (χ1n) is 12.2. The lowest BCUT2D eigenvalue weighted by molar-refractivity contribution is 0.313. The number of nitrogens with one attached hydrogen (secondary N) is 3. The minimum absolute atomic E-state index is 0.0429. The second-order valence-corrected chi connectivity index (χ2v) is 11.4. The van der Waals surface area contributed by atoms with E-state index >= 15 is 0 Å². The highest BCUT2D eigenvalue weighted by Gasteiger charge is 2.15. The van der Waals surface area contributed by atoms with Crippen molar-refractivity contribution in [3.05, 3.63) is 60.3 Å². The molecule has 0 aliphatic carbocycles. The number of piperazine rings is 1. The van der Waals surface area contributed by atoms with E-state index in [0.717, 1.165) is 43.1 Å². The average molecular weight is 510 g/mol. The predicted molar refractivity (Wildman–Crippen MR) is 148 cm³/mol. The standard InChI is InChI=1S/C26H35N7O2S/c1-19(2)18-36(34,35)31-23-7-5-6-22(16-23)28-25-20(3)17-27-26(30-25)29-21-8-10-24(11-9-21)33-14-12-32(4)13-15-33/h5-11,16-17,19,31H,12-15,18H2,1-4H3,(H2,27,28,29,30). The highest BCUT2D eigenvalue weighted by Crippen LogP contribution is 2.25. The van der Waals surface area contributed by atoms with Crippen LogP contribution in [0.25, 0.3) is 0 Å². The van der Waals surface area contributed by atoms with Gasteiger partial charge in [-0.15, -0.1) is 0 Å². The summed E-state index contributed by atoms with van der Waals surface area (Å²) < 4.78 is 27.3. The summed E-state index contributed by atoms with van der Waals surface area (Å²) in [5.41, 5.74) is 4.22. The molecule has 4 rings (SSSR count). The van der Waals surface area contributed by atoms with Crippen molar-refractivity contribution in [1.29, 1.82) is 0 Å². The molecule has 1 aromatic heterocycles. The number of nitrogens with zero attached hydrogens (tertiary/aromatic N) is 4. The minimum Gasteiger partial charge on any atom is -0.369 e. The molecule has 1 aliphatic rings. The van der Waals surface area contributed by atoms with Gasteiger partial charge in [0, 0.05) is 55.0 Å². The Bertz CT molecular complexity index is 1270. The second-order valence-electron chi connectivity index (χ2n) is 9.67. The third kappa shape index (κ3) is 7.08. The molecule has 0 spiro atoms. The van der Waals surface area contributed by atoms with Gasteiger partial charge in [-0.05, 0) is 62.4 Å². The number of benzene rings is 2. The first-order valence-corrected chi connectivity index (χ1v) is 13.8. The Kier molecular flexibility index (Phi) is 7.95. The lowest BCUT2D eigenvalue weighted by atomic mass is 10.2. The summed E-state index contributed by atoms with van der Waals surface area (Å²) >= 11 is 0. The van der Waals surface area contributed by atoms with Crippen molar-refractivity contribution in [2.75, 3.05) is 59.2 Å². The summed E-state index contributed by atoms with van der Waals surface area (Å²) in [6.45, 7) is 9.87. The predicted octanol–water partition coefficient (Wildman–Crippen LogP) is 4.42. The molecule has 0 saturated carbocycles. The SMILES string of the molecule is Cc1cnc(Nc2ccc(N3CCN(C)CC3)cc2)nc1Nc1cccc(NS(=O)(=O)CC(C)C)c1. The van der Waals surface area contributed by atoms with Gasteiger partial charge in [-0.1, -0.05) is 19.9 Å². The Hall–Kier alpha value is -3.37. The zero-order valence-corrected chi connectivity index (χ0v) is 22.1. The molecule has 1 saturated heterocycles. The van der Waals surface area contributed by atoms with E-state index in [0.29, 0.717) is 17.5 Å². The van der Waals surface area contributed by atoms with E-state index in [1.807, 2.05) is 39.0 Å². The van der Waals surface area contributed by atoms with Crippen LogP contribution in [0.2, 0.25) is 0 Å². The van der Waals surface area contributed by atoms with Crippen molar-refractivity contribution in [2.24, 2.45) is 5.92 Å². The Balaban J connectivity index is 1.43. The molecule has 36 heavy (non-hydrogen) atoms. The van der Waals surface area contributed by atoms with Crippen LogP contribution in [0.1, 0.15) is 19.4 Å². The number of hydrogen-bond donors (Lipinski definition) is 3. The summed E-state index contributed by atoms with van der Waals surface area (Å²) in [4.78, 5) is 13.8. The van der Waals surface area contributed by atoms with Gasteiger partial charge in [0.15, 0.2) is 0 Å².